The Morgan fingerprint density at radius 3 is 2.35 bits per heavy atom. The van der Waals surface area contributed by atoms with Crippen LogP contribution in [0.25, 0.3) is 0 Å². The molecule has 1 aliphatic heterocycles. The first-order chi connectivity index (χ1) is 8.08. The maximum Gasteiger partial charge on any atom is 0.215 e. The van der Waals surface area contributed by atoms with E-state index in [-0.39, 0.29) is 10.8 Å². The molecule has 1 heterocycles. The number of alkyl halides is 1. The summed E-state index contributed by atoms with van der Waals surface area (Å²) in [6.45, 7) is 1.28. The SMILES string of the molecule is O=S(=O)(NC1(CBr)CCOCC1)C1CCCC1. The third kappa shape index (κ3) is 3.22. The van der Waals surface area contributed by atoms with Crippen molar-refractivity contribution < 1.29 is 13.2 Å². The minimum absolute atomic E-state index is 0.179. The zero-order chi connectivity index (χ0) is 12.4. The summed E-state index contributed by atoms with van der Waals surface area (Å²) in [7, 11) is -3.17. The molecule has 2 rings (SSSR count). The second-order valence-electron chi connectivity index (χ2n) is 5.08. The van der Waals surface area contributed by atoms with Gasteiger partial charge in [0.15, 0.2) is 0 Å². The van der Waals surface area contributed by atoms with Crippen molar-refractivity contribution in [2.75, 3.05) is 18.5 Å². The molecule has 1 saturated carbocycles. The molecule has 1 aliphatic carbocycles. The highest BCUT2D eigenvalue weighted by Crippen LogP contribution is 2.29. The van der Waals surface area contributed by atoms with Gasteiger partial charge in [0.25, 0.3) is 0 Å². The summed E-state index contributed by atoms with van der Waals surface area (Å²) in [6.07, 6.45) is 5.20. The summed E-state index contributed by atoms with van der Waals surface area (Å²) in [4.78, 5) is 0. The number of ether oxygens (including phenoxy) is 1. The van der Waals surface area contributed by atoms with Crippen molar-refractivity contribution in [3.63, 3.8) is 0 Å². The first-order valence-electron chi connectivity index (χ1n) is 6.24. The summed E-state index contributed by atoms with van der Waals surface area (Å²) in [6, 6.07) is 0. The van der Waals surface area contributed by atoms with Crippen molar-refractivity contribution in [2.45, 2.75) is 49.3 Å². The zero-order valence-corrected chi connectivity index (χ0v) is 12.4. The molecule has 6 heteroatoms. The Morgan fingerprint density at radius 2 is 1.82 bits per heavy atom. The van der Waals surface area contributed by atoms with Crippen LogP contribution in [0.2, 0.25) is 0 Å². The van der Waals surface area contributed by atoms with Crippen LogP contribution in [0.4, 0.5) is 0 Å². The fourth-order valence-electron chi connectivity index (χ4n) is 2.61. The lowest BCUT2D eigenvalue weighted by atomic mass is 9.94. The Balaban J connectivity index is 2.06. The van der Waals surface area contributed by atoms with Crippen LogP contribution in [-0.2, 0) is 14.8 Å². The minimum Gasteiger partial charge on any atom is -0.381 e. The second-order valence-corrected chi connectivity index (χ2v) is 7.60. The lowest BCUT2D eigenvalue weighted by Crippen LogP contribution is -2.55. The monoisotopic (exact) mass is 325 g/mol. The Kier molecular flexibility index (Phi) is 4.50. The summed E-state index contributed by atoms with van der Waals surface area (Å²) in [5, 5.41) is 0.483. The van der Waals surface area contributed by atoms with E-state index in [4.69, 9.17) is 4.74 Å². The molecule has 0 aromatic heterocycles. The van der Waals surface area contributed by atoms with E-state index < -0.39 is 10.0 Å². The van der Waals surface area contributed by atoms with E-state index in [1.54, 1.807) is 0 Å². The molecule has 4 nitrogen and oxygen atoms in total. The maximum atomic E-state index is 12.3. The first-order valence-corrected chi connectivity index (χ1v) is 8.91. The van der Waals surface area contributed by atoms with Crippen LogP contribution < -0.4 is 4.72 Å². The van der Waals surface area contributed by atoms with Gasteiger partial charge in [0, 0.05) is 24.1 Å². The highest BCUT2D eigenvalue weighted by molar-refractivity contribution is 9.09. The molecule has 1 saturated heterocycles. The molecule has 17 heavy (non-hydrogen) atoms. The van der Waals surface area contributed by atoms with Crippen molar-refractivity contribution >= 4 is 26.0 Å². The van der Waals surface area contributed by atoms with Gasteiger partial charge in [-0.15, -0.1) is 0 Å². The Bertz CT molecular complexity index is 346. The molecule has 0 aromatic carbocycles. The molecule has 2 fully saturated rings. The second kappa shape index (κ2) is 5.55. The van der Waals surface area contributed by atoms with Gasteiger partial charge in [0.2, 0.25) is 10.0 Å². The summed E-state index contributed by atoms with van der Waals surface area (Å²) in [5.74, 6) is 0. The van der Waals surface area contributed by atoms with E-state index in [0.717, 1.165) is 38.5 Å². The van der Waals surface area contributed by atoms with Gasteiger partial charge in [-0.25, -0.2) is 13.1 Å². The van der Waals surface area contributed by atoms with E-state index in [0.29, 0.717) is 18.5 Å². The van der Waals surface area contributed by atoms with Crippen molar-refractivity contribution in [2.24, 2.45) is 0 Å². The van der Waals surface area contributed by atoms with Crippen LogP contribution in [0.15, 0.2) is 0 Å². The Hall–Kier alpha value is 0.350. The first kappa shape index (κ1) is 13.8. The van der Waals surface area contributed by atoms with E-state index in [1.165, 1.54) is 0 Å². The van der Waals surface area contributed by atoms with Gasteiger partial charge in [-0.3, -0.25) is 0 Å². The van der Waals surface area contributed by atoms with E-state index >= 15 is 0 Å². The van der Waals surface area contributed by atoms with Crippen molar-refractivity contribution in [3.8, 4) is 0 Å². The third-order valence-electron chi connectivity index (χ3n) is 3.81. The topological polar surface area (TPSA) is 55.4 Å². The van der Waals surface area contributed by atoms with Crippen LogP contribution in [0, 0.1) is 0 Å². The predicted octanol–water partition coefficient (Wildman–Crippen LogP) is 1.79. The average molecular weight is 326 g/mol. The molecule has 0 aromatic rings. The number of sulfonamides is 1. The third-order valence-corrected chi connectivity index (χ3v) is 6.95. The molecule has 0 unspecified atom stereocenters. The predicted molar refractivity (Wildman–Crippen MR) is 70.9 cm³/mol. The normalized spacial score (nSPS) is 26.2. The molecular weight excluding hydrogens is 306 g/mol. The summed E-state index contributed by atoms with van der Waals surface area (Å²) in [5.41, 5.74) is -0.334. The van der Waals surface area contributed by atoms with Crippen LogP contribution >= 0.6 is 15.9 Å². The average Bonchev–Trinajstić information content (AvgIpc) is 2.84. The Morgan fingerprint density at radius 1 is 1.24 bits per heavy atom. The molecule has 2 aliphatic rings. The lowest BCUT2D eigenvalue weighted by molar-refractivity contribution is 0.0556. The van der Waals surface area contributed by atoms with Crippen LogP contribution in [0.3, 0.4) is 0 Å². The molecule has 100 valence electrons. The Labute approximate surface area is 112 Å². The minimum atomic E-state index is -3.17. The van der Waals surface area contributed by atoms with Gasteiger partial charge in [0.05, 0.1) is 5.25 Å². The smallest absolute Gasteiger partial charge is 0.215 e. The van der Waals surface area contributed by atoms with Crippen LogP contribution in [-0.4, -0.2) is 37.8 Å². The molecule has 0 spiro atoms. The van der Waals surface area contributed by atoms with Crippen molar-refractivity contribution in [3.05, 3.63) is 0 Å². The lowest BCUT2D eigenvalue weighted by Gasteiger charge is -2.36. The molecule has 0 atom stereocenters. The van der Waals surface area contributed by atoms with Gasteiger partial charge < -0.3 is 4.74 Å². The number of rotatable bonds is 4. The molecule has 0 amide bonds. The summed E-state index contributed by atoms with van der Waals surface area (Å²) < 4.78 is 32.8. The molecule has 0 bridgehead atoms. The zero-order valence-electron chi connectivity index (χ0n) is 9.95. The van der Waals surface area contributed by atoms with Crippen LogP contribution in [0.1, 0.15) is 38.5 Å². The van der Waals surface area contributed by atoms with Gasteiger partial charge >= 0.3 is 0 Å². The van der Waals surface area contributed by atoms with Crippen LogP contribution in [0.5, 0.6) is 0 Å². The fraction of sp³-hybridized carbons (Fsp3) is 1.00. The van der Waals surface area contributed by atoms with Crippen molar-refractivity contribution in [1.29, 1.82) is 0 Å². The quantitative estimate of drug-likeness (QED) is 0.802. The largest absolute Gasteiger partial charge is 0.381 e. The number of hydrogen-bond donors (Lipinski definition) is 1. The van der Waals surface area contributed by atoms with E-state index in [2.05, 4.69) is 20.7 Å². The molecule has 0 radical (unpaired) electrons. The highest BCUT2D eigenvalue weighted by atomic mass is 79.9. The summed E-state index contributed by atoms with van der Waals surface area (Å²) >= 11 is 3.45. The highest BCUT2D eigenvalue weighted by Gasteiger charge is 2.39. The number of nitrogens with one attached hydrogen (secondary N) is 1. The maximum absolute atomic E-state index is 12.3. The number of hydrogen-bond acceptors (Lipinski definition) is 3. The van der Waals surface area contributed by atoms with Gasteiger partial charge in [0.1, 0.15) is 0 Å². The number of halogens is 1. The van der Waals surface area contributed by atoms with E-state index in [1.807, 2.05) is 0 Å². The van der Waals surface area contributed by atoms with Gasteiger partial charge in [-0.05, 0) is 25.7 Å². The molecule has 1 N–H and O–H groups in total. The standard InChI is InChI=1S/C11H20BrNO3S/c12-9-11(5-7-16-8-6-11)13-17(14,15)10-3-1-2-4-10/h10,13H,1-9H2. The molecular formula is C11H20BrNO3S. The van der Waals surface area contributed by atoms with Gasteiger partial charge in [-0.2, -0.15) is 0 Å². The van der Waals surface area contributed by atoms with E-state index in [9.17, 15) is 8.42 Å². The van der Waals surface area contributed by atoms with Crippen molar-refractivity contribution in [1.82, 2.24) is 4.72 Å². The fourth-order valence-corrected chi connectivity index (χ4v) is 5.50. The van der Waals surface area contributed by atoms with Gasteiger partial charge in [-0.1, -0.05) is 28.8 Å².